The first-order valence-corrected chi connectivity index (χ1v) is 28.9. The maximum atomic E-state index is 14.2. The average Bonchev–Trinajstić information content (AvgIpc) is 4.34. The highest BCUT2D eigenvalue weighted by atomic mass is 19.1. The topological polar surface area (TPSA) is 212 Å². The summed E-state index contributed by atoms with van der Waals surface area (Å²) in [5.74, 6) is -0.850. The molecule has 4 aliphatic rings. The molecule has 440 valence electrons. The molecule has 6 N–H and O–H groups in total. The summed E-state index contributed by atoms with van der Waals surface area (Å²) in [4.78, 5) is 53.8. The van der Waals surface area contributed by atoms with Crippen LogP contribution in [0.3, 0.4) is 0 Å². The van der Waals surface area contributed by atoms with Gasteiger partial charge in [-0.1, -0.05) is 30.3 Å². The highest BCUT2D eigenvalue weighted by Crippen LogP contribution is 2.43. The molecule has 4 aromatic carbocycles. The van der Waals surface area contributed by atoms with Gasteiger partial charge in [0.15, 0.2) is 0 Å². The fourth-order valence-electron chi connectivity index (χ4n) is 12.8. The number of fused-ring (bicyclic) bond motifs is 2. The van der Waals surface area contributed by atoms with E-state index in [0.29, 0.717) is 58.3 Å². The molecule has 6 heterocycles. The molecule has 0 atom stereocenters. The lowest BCUT2D eigenvalue weighted by Crippen LogP contribution is -2.49. The normalized spacial score (nSPS) is 20.0. The molecule has 0 spiro atoms. The van der Waals surface area contributed by atoms with E-state index in [1.807, 2.05) is 30.3 Å². The molecule has 0 radical (unpaired) electrons. The van der Waals surface area contributed by atoms with E-state index < -0.39 is 23.1 Å². The third kappa shape index (κ3) is 12.0. The molecule has 4 aromatic heterocycles. The number of carbonyl (C=O) groups is 2. The summed E-state index contributed by atoms with van der Waals surface area (Å²) in [6, 6.07) is 23.3. The molecule has 8 aromatic rings. The number of nitrogens with two attached hydrogens (primary N) is 2. The second-order valence-electron chi connectivity index (χ2n) is 22.5. The SMILES string of the molecule is COc1cc(-c2cn(C3CCC(N4CCN(C)CC4)CC3)c3ncnc(N)c23)ccc1NC(=O)c1c(F)cccc1F.COc1cc(-c2cn(C3CCC(N4CCN(C)CC4)CC3)c3ncnc(N)c23)ccc1NC(=O)c1ccccc1OC. The van der Waals surface area contributed by atoms with Crippen molar-refractivity contribution in [2.75, 3.05) is 110 Å². The zero-order valence-corrected chi connectivity index (χ0v) is 48.4. The van der Waals surface area contributed by atoms with Crippen LogP contribution in [0.1, 0.15) is 84.2 Å². The van der Waals surface area contributed by atoms with Crippen LogP contribution in [0.2, 0.25) is 0 Å². The monoisotopic (exact) mass is 1140 g/mol. The van der Waals surface area contributed by atoms with E-state index in [1.165, 1.54) is 32.3 Å². The number of rotatable bonds is 13. The largest absolute Gasteiger partial charge is 0.496 e. The van der Waals surface area contributed by atoms with E-state index in [2.05, 4.69) is 85.8 Å². The quantitative estimate of drug-likeness (QED) is 0.0846. The number of anilines is 4. The average molecular weight is 1150 g/mol. The van der Waals surface area contributed by atoms with Crippen molar-refractivity contribution in [3.63, 3.8) is 0 Å². The van der Waals surface area contributed by atoms with E-state index in [1.54, 1.807) is 50.9 Å². The van der Waals surface area contributed by atoms with Crippen LogP contribution in [-0.4, -0.2) is 160 Å². The fourth-order valence-corrected chi connectivity index (χ4v) is 12.8. The van der Waals surface area contributed by atoms with Gasteiger partial charge in [-0.15, -0.1) is 0 Å². The van der Waals surface area contributed by atoms with Gasteiger partial charge in [-0.05, 0) is 125 Å². The maximum absolute atomic E-state index is 14.2. The molecule has 84 heavy (non-hydrogen) atoms. The number of methoxy groups -OCH3 is 3. The molecule has 19 nitrogen and oxygen atoms in total. The van der Waals surface area contributed by atoms with E-state index in [0.717, 1.165) is 147 Å². The molecule has 0 unspecified atom stereocenters. The van der Waals surface area contributed by atoms with Gasteiger partial charge in [0.05, 0.1) is 49.0 Å². The van der Waals surface area contributed by atoms with Crippen molar-refractivity contribution < 1.29 is 32.6 Å². The lowest BCUT2D eigenvalue weighted by Gasteiger charge is -2.41. The van der Waals surface area contributed by atoms with E-state index in [9.17, 15) is 18.4 Å². The first kappa shape index (κ1) is 57.6. The molecular weight excluding hydrogens is 1070 g/mol. The van der Waals surface area contributed by atoms with Crippen molar-refractivity contribution in [1.82, 2.24) is 48.7 Å². The summed E-state index contributed by atoms with van der Waals surface area (Å²) in [6.07, 6.45) is 16.2. The summed E-state index contributed by atoms with van der Waals surface area (Å²) in [5.41, 5.74) is 18.6. The third-order valence-corrected chi connectivity index (χ3v) is 17.6. The number of amides is 2. The summed E-state index contributed by atoms with van der Waals surface area (Å²) in [5, 5.41) is 7.13. The van der Waals surface area contributed by atoms with E-state index in [4.69, 9.17) is 25.7 Å². The first-order valence-electron chi connectivity index (χ1n) is 28.9. The smallest absolute Gasteiger partial charge is 0.261 e. The number of benzene rings is 4. The summed E-state index contributed by atoms with van der Waals surface area (Å²) < 4.78 is 49.5. The Hall–Kier alpha value is -8.24. The van der Waals surface area contributed by atoms with Crippen LogP contribution in [0.25, 0.3) is 44.3 Å². The number of likely N-dealkylation sites (N-methyl/N-ethyl adjacent to an activating group) is 2. The van der Waals surface area contributed by atoms with E-state index >= 15 is 0 Å². The Morgan fingerprint density at radius 2 is 0.929 bits per heavy atom. The second-order valence-corrected chi connectivity index (χ2v) is 22.5. The molecule has 2 aliphatic carbocycles. The number of nitrogens with zero attached hydrogens (tertiary/aromatic N) is 10. The van der Waals surface area contributed by atoms with Crippen LogP contribution in [-0.2, 0) is 0 Å². The number of halogens is 2. The number of carbonyl (C=O) groups excluding carboxylic acids is 2. The maximum Gasteiger partial charge on any atom is 0.261 e. The summed E-state index contributed by atoms with van der Waals surface area (Å²) in [6.45, 7) is 9.09. The molecule has 2 saturated heterocycles. The fraction of sp³-hybridized carbons (Fsp3) is 0.397. The number of piperazine rings is 2. The number of aromatic nitrogens is 6. The van der Waals surface area contributed by atoms with Crippen molar-refractivity contribution in [1.29, 1.82) is 0 Å². The predicted molar refractivity (Wildman–Crippen MR) is 324 cm³/mol. The molecular formula is C63H74F2N14O5. The van der Waals surface area contributed by atoms with Gasteiger partial charge in [0.25, 0.3) is 11.8 Å². The van der Waals surface area contributed by atoms with Gasteiger partial charge in [0.1, 0.15) is 70.0 Å². The predicted octanol–water partition coefficient (Wildman–Crippen LogP) is 9.63. The van der Waals surface area contributed by atoms with Crippen molar-refractivity contribution in [3.8, 4) is 39.5 Å². The van der Waals surface area contributed by atoms with Crippen LogP contribution in [0.5, 0.6) is 17.2 Å². The summed E-state index contributed by atoms with van der Waals surface area (Å²) >= 11 is 0. The minimum absolute atomic E-state index is 0.278. The van der Waals surface area contributed by atoms with Crippen molar-refractivity contribution in [2.24, 2.45) is 0 Å². The molecule has 12 rings (SSSR count). The number of para-hydroxylation sites is 1. The molecule has 2 saturated carbocycles. The minimum Gasteiger partial charge on any atom is -0.496 e. The van der Waals surface area contributed by atoms with Gasteiger partial charge in [0.2, 0.25) is 0 Å². The Morgan fingerprint density at radius 3 is 1.37 bits per heavy atom. The van der Waals surface area contributed by atoms with Crippen molar-refractivity contribution in [2.45, 2.75) is 75.5 Å². The minimum atomic E-state index is -0.941. The molecule has 2 amide bonds. The Labute approximate surface area is 487 Å². The molecule has 0 bridgehead atoms. The number of hydrogen-bond donors (Lipinski definition) is 4. The highest BCUT2D eigenvalue weighted by Gasteiger charge is 2.33. The molecule has 21 heteroatoms. The van der Waals surface area contributed by atoms with E-state index in [-0.39, 0.29) is 17.6 Å². The van der Waals surface area contributed by atoms with Crippen molar-refractivity contribution in [3.05, 3.63) is 127 Å². The van der Waals surface area contributed by atoms with Crippen LogP contribution >= 0.6 is 0 Å². The standard InChI is InChI=1S/C32H39N7O3.C31H35F2N7O2/c1-37-14-16-38(17-15-37)22-9-11-23(12-10-22)39-19-25(29-30(33)34-20-35-31(29)39)21-8-13-26(28(18-21)42-3)36-32(40)24-6-4-5-7-27(24)41-2;1-38-12-14-39(15-13-38)20-7-9-21(10-8-20)40-17-22(27-29(34)35-18-36-30(27)40)19-6-11-25(26(16-19)42-2)37-31(41)28-23(32)4-3-5-24(28)33/h4-8,13,18-20,22-23H,9-12,14-17H2,1-3H3,(H,36,40)(H2,33,34,35);3-6,11,16-18,20-21H,7-10,12-15H2,1-2H3,(H,37,41)(H2,34,35,36). The van der Waals surface area contributed by atoms with Gasteiger partial charge >= 0.3 is 0 Å². The van der Waals surface area contributed by atoms with Gasteiger partial charge in [-0.25, -0.2) is 28.7 Å². The first-order chi connectivity index (χ1) is 40.8. The zero-order chi connectivity index (χ0) is 58.6. The van der Waals surface area contributed by atoms with Crippen LogP contribution in [0.4, 0.5) is 31.8 Å². The lowest BCUT2D eigenvalue weighted by molar-refractivity contribution is 0.0827. The Bertz CT molecular complexity index is 3630. The van der Waals surface area contributed by atoms with Crippen molar-refractivity contribution >= 4 is 56.9 Å². The van der Waals surface area contributed by atoms with Gasteiger partial charge in [-0.2, -0.15) is 0 Å². The van der Waals surface area contributed by atoms with Gasteiger partial charge in [-0.3, -0.25) is 19.4 Å². The highest BCUT2D eigenvalue weighted by molar-refractivity contribution is 6.08. The van der Waals surface area contributed by atoms with Gasteiger partial charge in [0, 0.05) is 100 Å². The summed E-state index contributed by atoms with van der Waals surface area (Å²) in [7, 11) is 9.00. The number of ether oxygens (including phenoxy) is 3. The molecule has 2 aliphatic heterocycles. The third-order valence-electron chi connectivity index (χ3n) is 17.6. The zero-order valence-electron chi connectivity index (χ0n) is 48.4. The molecule has 4 fully saturated rings. The number of nitrogen functional groups attached to an aromatic ring is 2. The second kappa shape index (κ2) is 25.3. The van der Waals surface area contributed by atoms with Crippen LogP contribution in [0, 0.1) is 11.6 Å². The number of hydrogen-bond acceptors (Lipinski definition) is 15. The number of nitrogens with one attached hydrogen (secondary N) is 2. The Kier molecular flexibility index (Phi) is 17.3. The Morgan fingerprint density at radius 1 is 0.512 bits per heavy atom. The van der Waals surface area contributed by atoms with Crippen LogP contribution in [0.15, 0.2) is 104 Å². The Balaban J connectivity index is 0.000000175. The van der Waals surface area contributed by atoms with Gasteiger partial charge < -0.3 is 55.2 Å². The van der Waals surface area contributed by atoms with Crippen LogP contribution < -0.4 is 36.3 Å². The lowest BCUT2D eigenvalue weighted by atomic mass is 9.89.